The molecule has 0 fully saturated rings. The van der Waals surface area contributed by atoms with Crippen LogP contribution in [-0.4, -0.2) is 30.3 Å². The Morgan fingerprint density at radius 3 is 2.57 bits per heavy atom. The zero-order valence-electron chi connectivity index (χ0n) is 12.8. The van der Waals surface area contributed by atoms with E-state index >= 15 is 0 Å². The third-order valence-electron chi connectivity index (χ3n) is 3.29. The predicted molar refractivity (Wildman–Crippen MR) is 88.2 cm³/mol. The molecule has 0 unspecified atom stereocenters. The summed E-state index contributed by atoms with van der Waals surface area (Å²) in [5.74, 6) is -1.27. The fourth-order valence-electron chi connectivity index (χ4n) is 1.99. The molecule has 4 nitrogen and oxygen atoms in total. The summed E-state index contributed by atoms with van der Waals surface area (Å²) in [7, 11) is 1.48. The molecule has 0 saturated heterocycles. The van der Waals surface area contributed by atoms with Crippen LogP contribution in [0.15, 0.2) is 42.5 Å². The highest BCUT2D eigenvalue weighted by Crippen LogP contribution is 2.20. The van der Waals surface area contributed by atoms with Gasteiger partial charge in [-0.3, -0.25) is 9.59 Å². The monoisotopic (exact) mass is 334 g/mol. The predicted octanol–water partition coefficient (Wildman–Crippen LogP) is 3.50. The van der Waals surface area contributed by atoms with Gasteiger partial charge in [0, 0.05) is 12.6 Å². The number of hydrogen-bond acceptors (Lipinski definition) is 2. The van der Waals surface area contributed by atoms with Crippen molar-refractivity contribution in [2.45, 2.75) is 6.92 Å². The molecule has 0 saturated carbocycles. The number of halogens is 2. The molecule has 0 aliphatic rings. The fourth-order valence-corrected chi connectivity index (χ4v) is 2.17. The molecule has 0 radical (unpaired) electrons. The van der Waals surface area contributed by atoms with E-state index in [1.54, 1.807) is 31.2 Å². The summed E-state index contributed by atoms with van der Waals surface area (Å²) >= 11 is 5.96. The van der Waals surface area contributed by atoms with Crippen molar-refractivity contribution in [3.8, 4) is 0 Å². The number of anilines is 1. The largest absolute Gasteiger partial charge is 0.332 e. The summed E-state index contributed by atoms with van der Waals surface area (Å²) in [4.78, 5) is 25.4. The number of carbonyl (C=O) groups is 2. The molecule has 2 aromatic carbocycles. The third-order valence-corrected chi connectivity index (χ3v) is 3.62. The molecule has 0 atom stereocenters. The van der Waals surface area contributed by atoms with E-state index in [0.717, 1.165) is 0 Å². The number of aryl methyl sites for hydroxylation is 1. The van der Waals surface area contributed by atoms with Gasteiger partial charge in [0.25, 0.3) is 5.91 Å². The molecule has 2 rings (SSSR count). The topological polar surface area (TPSA) is 49.4 Å². The van der Waals surface area contributed by atoms with E-state index in [4.69, 9.17) is 11.6 Å². The zero-order valence-corrected chi connectivity index (χ0v) is 13.5. The van der Waals surface area contributed by atoms with E-state index < -0.39 is 11.7 Å². The second kappa shape index (κ2) is 7.24. The quantitative estimate of drug-likeness (QED) is 0.930. The van der Waals surface area contributed by atoms with Gasteiger partial charge in [-0.2, -0.15) is 0 Å². The molecule has 120 valence electrons. The van der Waals surface area contributed by atoms with Gasteiger partial charge in [0.15, 0.2) is 0 Å². The lowest BCUT2D eigenvalue weighted by Gasteiger charge is -2.17. The first-order valence-electron chi connectivity index (χ1n) is 6.94. The Bertz CT molecular complexity index is 749. The minimum atomic E-state index is -0.454. The first-order chi connectivity index (χ1) is 10.9. The van der Waals surface area contributed by atoms with Crippen LogP contribution in [0.5, 0.6) is 0 Å². The number of hydrogen-bond donors (Lipinski definition) is 1. The Morgan fingerprint density at radius 2 is 1.91 bits per heavy atom. The Balaban J connectivity index is 2.01. The minimum Gasteiger partial charge on any atom is -0.332 e. The number of para-hydroxylation sites is 1. The Labute approximate surface area is 138 Å². The number of amides is 2. The smallest absolute Gasteiger partial charge is 0.254 e. The van der Waals surface area contributed by atoms with Crippen LogP contribution in [0.1, 0.15) is 15.9 Å². The van der Waals surface area contributed by atoms with Crippen LogP contribution in [0.25, 0.3) is 0 Å². The summed E-state index contributed by atoms with van der Waals surface area (Å²) in [6.45, 7) is 1.45. The summed E-state index contributed by atoms with van der Waals surface area (Å²) in [6.07, 6.45) is 0. The normalized spacial score (nSPS) is 10.3. The van der Waals surface area contributed by atoms with Crippen LogP contribution in [0.4, 0.5) is 10.1 Å². The lowest BCUT2D eigenvalue weighted by molar-refractivity contribution is -0.116. The Morgan fingerprint density at radius 1 is 1.22 bits per heavy atom. The third kappa shape index (κ3) is 4.29. The SMILES string of the molecule is Cc1ccc(C(=O)N(C)CC(=O)Nc2ccccc2Cl)cc1F. The van der Waals surface area contributed by atoms with Gasteiger partial charge in [0.1, 0.15) is 5.82 Å². The number of nitrogens with zero attached hydrogens (tertiary/aromatic N) is 1. The maximum absolute atomic E-state index is 13.5. The molecule has 6 heteroatoms. The van der Waals surface area contributed by atoms with Crippen molar-refractivity contribution in [3.63, 3.8) is 0 Å². The van der Waals surface area contributed by atoms with E-state index in [-0.39, 0.29) is 18.0 Å². The van der Waals surface area contributed by atoms with Gasteiger partial charge in [-0.1, -0.05) is 29.8 Å². The molecule has 0 aromatic heterocycles. The van der Waals surface area contributed by atoms with Crippen molar-refractivity contribution < 1.29 is 14.0 Å². The lowest BCUT2D eigenvalue weighted by Crippen LogP contribution is -2.35. The van der Waals surface area contributed by atoms with E-state index in [1.807, 2.05) is 0 Å². The van der Waals surface area contributed by atoms with Gasteiger partial charge in [0.05, 0.1) is 17.3 Å². The second-order valence-corrected chi connectivity index (χ2v) is 5.56. The number of rotatable bonds is 4. The zero-order chi connectivity index (χ0) is 17.0. The molecular formula is C17H16ClFN2O2. The molecule has 0 spiro atoms. The van der Waals surface area contributed by atoms with Crippen LogP contribution >= 0.6 is 11.6 Å². The summed E-state index contributed by atoms with van der Waals surface area (Å²) in [5, 5.41) is 3.04. The Kier molecular flexibility index (Phi) is 5.34. The van der Waals surface area contributed by atoms with Gasteiger partial charge < -0.3 is 10.2 Å². The number of benzene rings is 2. The molecule has 2 aromatic rings. The standard InChI is InChI=1S/C17H16ClFN2O2/c1-11-7-8-12(9-14(11)19)17(23)21(2)10-16(22)20-15-6-4-3-5-13(15)18/h3-9H,10H2,1-2H3,(H,20,22). The average Bonchev–Trinajstić information content (AvgIpc) is 2.51. The van der Waals surface area contributed by atoms with Crippen LogP contribution in [0.2, 0.25) is 5.02 Å². The lowest BCUT2D eigenvalue weighted by atomic mass is 10.1. The molecule has 0 aliphatic carbocycles. The van der Waals surface area contributed by atoms with Crippen molar-refractivity contribution in [2.75, 3.05) is 18.9 Å². The highest BCUT2D eigenvalue weighted by molar-refractivity contribution is 6.33. The molecule has 1 N–H and O–H groups in total. The summed E-state index contributed by atoms with van der Waals surface area (Å²) in [6, 6.07) is 11.0. The average molecular weight is 335 g/mol. The second-order valence-electron chi connectivity index (χ2n) is 5.15. The van der Waals surface area contributed by atoms with E-state index in [0.29, 0.717) is 16.3 Å². The number of likely N-dealkylation sites (N-methyl/N-ethyl adjacent to an activating group) is 1. The van der Waals surface area contributed by atoms with Crippen molar-refractivity contribution in [1.29, 1.82) is 0 Å². The highest BCUT2D eigenvalue weighted by atomic mass is 35.5. The minimum absolute atomic E-state index is 0.167. The van der Waals surface area contributed by atoms with Gasteiger partial charge in [-0.15, -0.1) is 0 Å². The first-order valence-corrected chi connectivity index (χ1v) is 7.32. The van der Waals surface area contributed by atoms with Crippen LogP contribution in [-0.2, 0) is 4.79 Å². The fraction of sp³-hybridized carbons (Fsp3) is 0.176. The highest BCUT2D eigenvalue weighted by Gasteiger charge is 2.16. The van der Waals surface area contributed by atoms with Crippen LogP contribution in [0.3, 0.4) is 0 Å². The maximum atomic E-state index is 13.5. The summed E-state index contributed by atoms with van der Waals surface area (Å²) in [5.41, 5.74) is 1.13. The van der Waals surface area contributed by atoms with Crippen molar-refractivity contribution >= 4 is 29.1 Å². The van der Waals surface area contributed by atoms with Gasteiger partial charge >= 0.3 is 0 Å². The molecule has 0 heterocycles. The maximum Gasteiger partial charge on any atom is 0.254 e. The van der Waals surface area contributed by atoms with E-state index in [1.165, 1.54) is 30.1 Å². The van der Waals surface area contributed by atoms with Crippen LogP contribution in [0, 0.1) is 12.7 Å². The van der Waals surface area contributed by atoms with Gasteiger partial charge in [-0.25, -0.2) is 4.39 Å². The Hall–Kier alpha value is -2.40. The molecule has 0 aliphatic heterocycles. The molecule has 2 amide bonds. The van der Waals surface area contributed by atoms with Crippen molar-refractivity contribution in [3.05, 3.63) is 64.4 Å². The first kappa shape index (κ1) is 17.0. The van der Waals surface area contributed by atoms with E-state index in [9.17, 15) is 14.0 Å². The van der Waals surface area contributed by atoms with Crippen LogP contribution < -0.4 is 5.32 Å². The van der Waals surface area contributed by atoms with Gasteiger partial charge in [0.2, 0.25) is 5.91 Å². The molecular weight excluding hydrogens is 319 g/mol. The van der Waals surface area contributed by atoms with E-state index in [2.05, 4.69) is 5.32 Å². The van der Waals surface area contributed by atoms with Gasteiger partial charge in [-0.05, 0) is 36.8 Å². The van der Waals surface area contributed by atoms with Crippen molar-refractivity contribution in [1.82, 2.24) is 4.90 Å². The summed E-state index contributed by atoms with van der Waals surface area (Å²) < 4.78 is 13.5. The molecule has 23 heavy (non-hydrogen) atoms. The number of nitrogens with one attached hydrogen (secondary N) is 1. The molecule has 0 bridgehead atoms. The number of carbonyl (C=O) groups excluding carboxylic acids is 2. The van der Waals surface area contributed by atoms with Crippen molar-refractivity contribution in [2.24, 2.45) is 0 Å².